The highest BCUT2D eigenvalue weighted by Crippen LogP contribution is 2.25. The molecule has 0 aromatic heterocycles. The minimum absolute atomic E-state index is 0.0608. The van der Waals surface area contributed by atoms with Crippen LogP contribution in [0.25, 0.3) is 0 Å². The van der Waals surface area contributed by atoms with E-state index in [2.05, 4.69) is 5.32 Å². The van der Waals surface area contributed by atoms with Crippen LogP contribution in [-0.4, -0.2) is 77.4 Å². The number of hydrogen-bond donors (Lipinski definition) is 1. The van der Waals surface area contributed by atoms with Crippen LogP contribution in [0.5, 0.6) is 0 Å². The highest BCUT2D eigenvalue weighted by Gasteiger charge is 2.38. The van der Waals surface area contributed by atoms with Crippen molar-refractivity contribution in [3.8, 4) is 0 Å². The number of likely N-dealkylation sites (N-methyl/N-ethyl adjacent to an activating group) is 1. The second-order valence-corrected chi connectivity index (χ2v) is 6.89. The molecule has 0 aromatic rings. The summed E-state index contributed by atoms with van der Waals surface area (Å²) in [7, 11) is 1.91. The maximum absolute atomic E-state index is 12.3. The zero-order valence-electron chi connectivity index (χ0n) is 14.4. The monoisotopic (exact) mass is 352 g/mol. The molecule has 1 N–H and O–H groups in total. The number of amides is 4. The second-order valence-electron chi connectivity index (χ2n) is 6.89. The first-order valence-corrected chi connectivity index (χ1v) is 8.78. The number of rotatable bonds is 3. The molecule has 2 atom stereocenters. The van der Waals surface area contributed by atoms with E-state index >= 15 is 0 Å². The first kappa shape index (κ1) is 17.7. The molecule has 0 bridgehead atoms. The van der Waals surface area contributed by atoms with Gasteiger partial charge in [-0.15, -0.1) is 5.06 Å². The van der Waals surface area contributed by atoms with E-state index in [4.69, 9.17) is 4.84 Å². The second kappa shape index (κ2) is 7.38. The van der Waals surface area contributed by atoms with Gasteiger partial charge in [0.15, 0.2) is 0 Å². The summed E-state index contributed by atoms with van der Waals surface area (Å²) in [6.07, 6.45) is 2.82. The van der Waals surface area contributed by atoms with Gasteiger partial charge in [0.25, 0.3) is 11.8 Å². The summed E-state index contributed by atoms with van der Waals surface area (Å²) in [6, 6.07) is -0.311. The molecule has 1 saturated carbocycles. The Morgan fingerprint density at radius 2 is 1.72 bits per heavy atom. The quantitative estimate of drug-likeness (QED) is 0.710. The standard InChI is InChI=1S/C16H24N4O5/c1-18-8-9-19(15(23)10-18)12-5-3-2-4-11(12)17-16(24)25-20-13(21)6-7-14(20)22/h11-12H,2-10H2,1H3,(H,17,24)/t11-,12+/m1/s1. The molecule has 0 radical (unpaired) electrons. The van der Waals surface area contributed by atoms with Crippen LogP contribution >= 0.6 is 0 Å². The predicted molar refractivity (Wildman–Crippen MR) is 86.0 cm³/mol. The molecule has 9 nitrogen and oxygen atoms in total. The van der Waals surface area contributed by atoms with Gasteiger partial charge in [-0.2, -0.15) is 0 Å². The number of hydrogen-bond acceptors (Lipinski definition) is 6. The number of piperazine rings is 1. The number of carbonyl (C=O) groups excluding carboxylic acids is 4. The van der Waals surface area contributed by atoms with E-state index in [-0.39, 0.29) is 30.8 Å². The molecule has 2 aliphatic heterocycles. The Hall–Kier alpha value is -2.16. The summed E-state index contributed by atoms with van der Waals surface area (Å²) in [4.78, 5) is 56.3. The molecule has 3 rings (SSSR count). The van der Waals surface area contributed by atoms with Gasteiger partial charge in [-0.05, 0) is 19.9 Å². The fourth-order valence-corrected chi connectivity index (χ4v) is 3.73. The van der Waals surface area contributed by atoms with Crippen molar-refractivity contribution in [1.29, 1.82) is 0 Å². The van der Waals surface area contributed by atoms with Crippen molar-refractivity contribution in [2.75, 3.05) is 26.7 Å². The van der Waals surface area contributed by atoms with Crippen LogP contribution in [0.4, 0.5) is 4.79 Å². The third-order valence-corrected chi connectivity index (χ3v) is 5.06. The lowest BCUT2D eigenvalue weighted by Crippen LogP contribution is -2.60. The lowest BCUT2D eigenvalue weighted by Gasteiger charge is -2.43. The zero-order chi connectivity index (χ0) is 18.0. The Labute approximate surface area is 146 Å². The van der Waals surface area contributed by atoms with E-state index in [1.807, 2.05) is 16.8 Å². The number of carbonyl (C=O) groups is 4. The van der Waals surface area contributed by atoms with E-state index in [0.29, 0.717) is 18.2 Å². The Balaban J connectivity index is 1.61. The van der Waals surface area contributed by atoms with Gasteiger partial charge >= 0.3 is 6.09 Å². The Morgan fingerprint density at radius 3 is 2.40 bits per heavy atom. The molecule has 138 valence electrons. The molecule has 0 spiro atoms. The van der Waals surface area contributed by atoms with Crippen LogP contribution < -0.4 is 5.32 Å². The maximum Gasteiger partial charge on any atom is 0.432 e. The molecule has 2 heterocycles. The van der Waals surface area contributed by atoms with E-state index in [1.54, 1.807) is 0 Å². The van der Waals surface area contributed by atoms with Gasteiger partial charge in [0.2, 0.25) is 5.91 Å². The van der Waals surface area contributed by atoms with Gasteiger partial charge in [-0.3, -0.25) is 19.3 Å². The summed E-state index contributed by atoms with van der Waals surface area (Å²) >= 11 is 0. The van der Waals surface area contributed by atoms with E-state index in [9.17, 15) is 19.2 Å². The third kappa shape index (κ3) is 3.92. The molecule has 4 amide bonds. The van der Waals surface area contributed by atoms with Crippen LogP contribution in [0, 0.1) is 0 Å². The summed E-state index contributed by atoms with van der Waals surface area (Å²) in [5, 5.41) is 3.29. The van der Waals surface area contributed by atoms with Crippen molar-refractivity contribution in [2.24, 2.45) is 0 Å². The van der Waals surface area contributed by atoms with Crippen molar-refractivity contribution >= 4 is 23.8 Å². The summed E-state index contributed by atoms with van der Waals surface area (Å²) < 4.78 is 0. The number of hydroxylamine groups is 2. The molecule has 1 aliphatic carbocycles. The van der Waals surface area contributed by atoms with Crippen molar-refractivity contribution in [3.63, 3.8) is 0 Å². The van der Waals surface area contributed by atoms with Crippen molar-refractivity contribution in [2.45, 2.75) is 50.6 Å². The first-order valence-electron chi connectivity index (χ1n) is 8.78. The fraction of sp³-hybridized carbons (Fsp3) is 0.750. The minimum atomic E-state index is -0.818. The molecule has 0 aromatic carbocycles. The molecular formula is C16H24N4O5. The van der Waals surface area contributed by atoms with E-state index in [0.717, 1.165) is 32.2 Å². The summed E-state index contributed by atoms with van der Waals surface area (Å²) in [5.74, 6) is -0.949. The maximum atomic E-state index is 12.3. The predicted octanol–water partition coefficient (Wildman–Crippen LogP) is -0.138. The fourth-order valence-electron chi connectivity index (χ4n) is 3.73. The van der Waals surface area contributed by atoms with Gasteiger partial charge in [0.1, 0.15) is 0 Å². The van der Waals surface area contributed by atoms with Crippen LogP contribution in [0.2, 0.25) is 0 Å². The van der Waals surface area contributed by atoms with Crippen molar-refractivity contribution in [3.05, 3.63) is 0 Å². The minimum Gasteiger partial charge on any atom is -0.335 e. The Kier molecular flexibility index (Phi) is 5.22. The third-order valence-electron chi connectivity index (χ3n) is 5.06. The first-order chi connectivity index (χ1) is 12.0. The zero-order valence-corrected chi connectivity index (χ0v) is 14.4. The number of imide groups is 1. The molecular weight excluding hydrogens is 328 g/mol. The molecule has 25 heavy (non-hydrogen) atoms. The average Bonchev–Trinajstić information content (AvgIpc) is 2.88. The van der Waals surface area contributed by atoms with Crippen LogP contribution in [0.15, 0.2) is 0 Å². The van der Waals surface area contributed by atoms with E-state index in [1.165, 1.54) is 0 Å². The van der Waals surface area contributed by atoms with Gasteiger partial charge in [-0.25, -0.2) is 4.79 Å². The molecule has 2 saturated heterocycles. The van der Waals surface area contributed by atoms with Crippen LogP contribution in [0.3, 0.4) is 0 Å². The lowest BCUT2D eigenvalue weighted by atomic mass is 9.88. The average molecular weight is 352 g/mol. The van der Waals surface area contributed by atoms with Gasteiger partial charge in [0.05, 0.1) is 18.6 Å². The molecule has 3 aliphatic rings. The summed E-state index contributed by atoms with van der Waals surface area (Å²) in [6.45, 7) is 1.82. The lowest BCUT2D eigenvalue weighted by molar-refractivity contribution is -0.171. The molecule has 3 fully saturated rings. The Morgan fingerprint density at radius 1 is 1.04 bits per heavy atom. The molecule has 9 heteroatoms. The van der Waals surface area contributed by atoms with Gasteiger partial charge in [-0.1, -0.05) is 12.8 Å². The van der Waals surface area contributed by atoms with Crippen molar-refractivity contribution in [1.82, 2.24) is 20.2 Å². The normalized spacial score (nSPS) is 28.4. The van der Waals surface area contributed by atoms with E-state index < -0.39 is 17.9 Å². The van der Waals surface area contributed by atoms with Crippen LogP contribution in [0.1, 0.15) is 38.5 Å². The van der Waals surface area contributed by atoms with Crippen molar-refractivity contribution < 1.29 is 24.0 Å². The molecule has 0 unspecified atom stereocenters. The SMILES string of the molecule is CN1CCN([C@H]2CCCC[C@H]2NC(=O)ON2C(=O)CCC2=O)C(=O)C1. The Bertz CT molecular complexity index is 565. The topological polar surface area (TPSA) is 99.3 Å². The highest BCUT2D eigenvalue weighted by atomic mass is 16.7. The highest BCUT2D eigenvalue weighted by molar-refractivity contribution is 6.01. The van der Waals surface area contributed by atoms with Gasteiger partial charge in [0, 0.05) is 25.9 Å². The largest absolute Gasteiger partial charge is 0.432 e. The smallest absolute Gasteiger partial charge is 0.335 e. The number of nitrogens with one attached hydrogen (secondary N) is 1. The van der Waals surface area contributed by atoms with Crippen LogP contribution in [-0.2, 0) is 19.2 Å². The summed E-state index contributed by atoms with van der Waals surface area (Å²) in [5.41, 5.74) is 0. The van der Waals surface area contributed by atoms with Gasteiger partial charge < -0.3 is 15.1 Å². The number of nitrogens with zero attached hydrogens (tertiary/aromatic N) is 3.